The van der Waals surface area contributed by atoms with E-state index in [-0.39, 0.29) is 0 Å². The van der Waals surface area contributed by atoms with Crippen LogP contribution in [0, 0.1) is 0 Å². The molecule has 20 heavy (non-hydrogen) atoms. The molecule has 3 nitrogen and oxygen atoms in total. The molecule has 3 N–H and O–H groups in total. The number of benzene rings is 2. The van der Waals surface area contributed by atoms with Crippen molar-refractivity contribution >= 4 is 50.7 Å². The van der Waals surface area contributed by atoms with E-state index in [2.05, 4.69) is 21.2 Å². The molecule has 0 radical (unpaired) electrons. The maximum atomic E-state index is 11.3. The third-order valence-electron chi connectivity index (χ3n) is 2.75. The third kappa shape index (κ3) is 3.45. The van der Waals surface area contributed by atoms with Crippen molar-refractivity contribution in [2.75, 3.05) is 5.32 Å². The Kier molecular flexibility index (Phi) is 4.91. The summed E-state index contributed by atoms with van der Waals surface area (Å²) in [6, 6.07) is 10.6. The van der Waals surface area contributed by atoms with Gasteiger partial charge in [0.05, 0.1) is 15.7 Å². The van der Waals surface area contributed by atoms with Gasteiger partial charge in [0.25, 0.3) is 0 Å². The van der Waals surface area contributed by atoms with Crippen LogP contribution in [0.5, 0.6) is 0 Å². The fraction of sp³-hybridized carbons (Fsp3) is 0.0714. The second kappa shape index (κ2) is 6.48. The van der Waals surface area contributed by atoms with Crippen LogP contribution in [0.15, 0.2) is 40.9 Å². The van der Waals surface area contributed by atoms with Gasteiger partial charge in [0, 0.05) is 16.6 Å². The van der Waals surface area contributed by atoms with Gasteiger partial charge in [0.15, 0.2) is 0 Å². The number of halogens is 3. The summed E-state index contributed by atoms with van der Waals surface area (Å²) >= 11 is 15.6. The molecular weight excluding hydrogens is 363 g/mol. The molecule has 0 aliphatic heterocycles. The third-order valence-corrected chi connectivity index (χ3v) is 3.80. The highest BCUT2D eigenvalue weighted by Gasteiger charge is 2.10. The van der Waals surface area contributed by atoms with E-state index in [1.807, 2.05) is 12.1 Å². The van der Waals surface area contributed by atoms with Gasteiger partial charge >= 0.3 is 0 Å². The average molecular weight is 374 g/mol. The first-order valence-corrected chi connectivity index (χ1v) is 7.30. The maximum absolute atomic E-state index is 11.3. The summed E-state index contributed by atoms with van der Waals surface area (Å²) in [5.41, 5.74) is 7.22. The number of anilines is 1. The Morgan fingerprint density at radius 1 is 1.20 bits per heavy atom. The minimum absolute atomic E-state index is 0.403. The van der Waals surface area contributed by atoms with Crippen molar-refractivity contribution < 1.29 is 4.79 Å². The second-order valence-corrected chi connectivity index (χ2v) is 5.85. The molecule has 0 unspecified atom stereocenters. The van der Waals surface area contributed by atoms with Crippen LogP contribution in [0.25, 0.3) is 0 Å². The van der Waals surface area contributed by atoms with Crippen LogP contribution in [0.1, 0.15) is 15.9 Å². The van der Waals surface area contributed by atoms with Gasteiger partial charge in [0.1, 0.15) is 0 Å². The van der Waals surface area contributed by atoms with E-state index in [1.165, 1.54) is 0 Å². The second-order valence-electron chi connectivity index (χ2n) is 4.12. The molecule has 0 aliphatic rings. The maximum Gasteiger partial charge on any atom is 0.249 e. The van der Waals surface area contributed by atoms with Crippen molar-refractivity contribution in [3.63, 3.8) is 0 Å². The quantitative estimate of drug-likeness (QED) is 0.830. The van der Waals surface area contributed by atoms with E-state index in [1.54, 1.807) is 24.3 Å². The molecule has 0 atom stereocenters. The molecule has 0 heterocycles. The van der Waals surface area contributed by atoms with Gasteiger partial charge in [-0.05, 0) is 23.8 Å². The summed E-state index contributed by atoms with van der Waals surface area (Å²) in [6.07, 6.45) is 0. The van der Waals surface area contributed by atoms with Crippen LogP contribution >= 0.6 is 39.1 Å². The van der Waals surface area contributed by atoms with Crippen LogP contribution in [0.4, 0.5) is 5.69 Å². The first-order chi connectivity index (χ1) is 9.49. The number of amides is 1. The zero-order valence-electron chi connectivity index (χ0n) is 10.3. The fourth-order valence-corrected chi connectivity index (χ4v) is 3.15. The van der Waals surface area contributed by atoms with Gasteiger partial charge in [-0.25, -0.2) is 0 Å². The van der Waals surface area contributed by atoms with Crippen LogP contribution in [-0.4, -0.2) is 5.91 Å². The van der Waals surface area contributed by atoms with E-state index in [4.69, 9.17) is 28.9 Å². The van der Waals surface area contributed by atoms with Crippen molar-refractivity contribution in [3.05, 3.63) is 62.0 Å². The molecule has 0 spiro atoms. The van der Waals surface area contributed by atoms with Gasteiger partial charge in [-0.2, -0.15) is 0 Å². The van der Waals surface area contributed by atoms with Gasteiger partial charge in [-0.15, -0.1) is 0 Å². The SMILES string of the molecule is NC(=O)c1ccccc1CNc1c(Cl)cc(Br)cc1Cl. The number of hydrogen-bond acceptors (Lipinski definition) is 2. The van der Waals surface area contributed by atoms with Gasteiger partial charge in [-0.3, -0.25) is 4.79 Å². The number of rotatable bonds is 4. The molecule has 104 valence electrons. The number of carbonyl (C=O) groups is 1. The molecule has 0 aliphatic carbocycles. The molecule has 0 saturated heterocycles. The lowest BCUT2D eigenvalue weighted by molar-refractivity contribution is 0.0999. The number of primary amides is 1. The minimum Gasteiger partial charge on any atom is -0.379 e. The smallest absolute Gasteiger partial charge is 0.249 e. The molecular formula is C14H11BrCl2N2O. The average Bonchev–Trinajstić information content (AvgIpc) is 2.37. The van der Waals surface area contributed by atoms with Gasteiger partial charge < -0.3 is 11.1 Å². The lowest BCUT2D eigenvalue weighted by Gasteiger charge is -2.12. The summed E-state index contributed by atoms with van der Waals surface area (Å²) < 4.78 is 0.801. The summed E-state index contributed by atoms with van der Waals surface area (Å²) in [6.45, 7) is 0.403. The fourth-order valence-electron chi connectivity index (χ4n) is 1.81. The summed E-state index contributed by atoms with van der Waals surface area (Å²) in [5.74, 6) is -0.463. The Morgan fingerprint density at radius 2 is 1.80 bits per heavy atom. The van der Waals surface area contributed by atoms with Crippen LogP contribution in [0.2, 0.25) is 10.0 Å². The Hall–Kier alpha value is -1.23. The molecule has 0 bridgehead atoms. The van der Waals surface area contributed by atoms with Crippen molar-refractivity contribution in [1.82, 2.24) is 0 Å². The first kappa shape index (κ1) is 15.2. The van der Waals surface area contributed by atoms with Gasteiger partial charge in [0.2, 0.25) is 5.91 Å². The van der Waals surface area contributed by atoms with E-state index >= 15 is 0 Å². The largest absolute Gasteiger partial charge is 0.379 e. The molecule has 2 aromatic carbocycles. The standard InChI is InChI=1S/C14H11BrCl2N2O/c15-9-5-11(16)13(12(17)6-9)19-7-8-3-1-2-4-10(8)14(18)20/h1-6,19H,7H2,(H2,18,20). The molecule has 0 saturated carbocycles. The van der Waals surface area contributed by atoms with E-state index in [0.29, 0.717) is 27.8 Å². The zero-order valence-corrected chi connectivity index (χ0v) is 13.4. The minimum atomic E-state index is -0.463. The summed E-state index contributed by atoms with van der Waals surface area (Å²) in [5, 5.41) is 4.13. The monoisotopic (exact) mass is 372 g/mol. The number of nitrogens with one attached hydrogen (secondary N) is 1. The van der Waals surface area contributed by atoms with E-state index in [0.717, 1.165) is 10.0 Å². The van der Waals surface area contributed by atoms with E-state index < -0.39 is 5.91 Å². The summed E-state index contributed by atoms with van der Waals surface area (Å²) in [4.78, 5) is 11.3. The number of carbonyl (C=O) groups excluding carboxylic acids is 1. The van der Waals surface area contributed by atoms with Crippen molar-refractivity contribution in [2.45, 2.75) is 6.54 Å². The molecule has 1 amide bonds. The Balaban J connectivity index is 2.24. The first-order valence-electron chi connectivity index (χ1n) is 5.75. The van der Waals surface area contributed by atoms with E-state index in [9.17, 15) is 4.79 Å². The molecule has 2 aromatic rings. The lowest BCUT2D eigenvalue weighted by atomic mass is 10.1. The zero-order chi connectivity index (χ0) is 14.7. The molecule has 0 fully saturated rings. The predicted octanol–water partition coefficient (Wildman–Crippen LogP) is 4.47. The molecule has 0 aromatic heterocycles. The Bertz CT molecular complexity index is 638. The van der Waals surface area contributed by atoms with Crippen molar-refractivity contribution in [2.24, 2.45) is 5.73 Å². The number of hydrogen-bond donors (Lipinski definition) is 2. The lowest BCUT2D eigenvalue weighted by Crippen LogP contribution is -2.15. The molecule has 6 heteroatoms. The highest BCUT2D eigenvalue weighted by molar-refractivity contribution is 9.10. The summed E-state index contributed by atoms with van der Waals surface area (Å²) in [7, 11) is 0. The highest BCUT2D eigenvalue weighted by Crippen LogP contribution is 2.34. The van der Waals surface area contributed by atoms with Crippen LogP contribution in [-0.2, 0) is 6.54 Å². The highest BCUT2D eigenvalue weighted by atomic mass is 79.9. The topological polar surface area (TPSA) is 55.1 Å². The number of nitrogens with two attached hydrogens (primary N) is 1. The molecule has 2 rings (SSSR count). The van der Waals surface area contributed by atoms with Crippen molar-refractivity contribution in [3.8, 4) is 0 Å². The predicted molar refractivity (Wildman–Crippen MR) is 86.4 cm³/mol. The van der Waals surface area contributed by atoms with Gasteiger partial charge in [-0.1, -0.05) is 57.3 Å². The van der Waals surface area contributed by atoms with Crippen LogP contribution in [0.3, 0.4) is 0 Å². The Morgan fingerprint density at radius 3 is 2.40 bits per heavy atom. The Labute approximate surface area is 135 Å². The normalized spacial score (nSPS) is 10.3. The van der Waals surface area contributed by atoms with Crippen LogP contribution < -0.4 is 11.1 Å². The van der Waals surface area contributed by atoms with Crippen molar-refractivity contribution in [1.29, 1.82) is 0 Å².